The van der Waals surface area contributed by atoms with Crippen molar-refractivity contribution in [1.29, 1.82) is 0 Å². The zero-order chi connectivity index (χ0) is 28.1. The molecule has 2 aromatic rings. The standard InChI is InChI=1S/C32H32O8/c1-31(2)19-13-37-21-11-15(35-5)7-9-17(21)23(19)25-28(34)30-26(27(33)29(25)39-31)24-18-10-8-16(36-6)12-22(18)38-14-20(24)32(3,4)40-30/h7-12,19-20,23-24H,13-14H2,1-6H3/t19-,20+,23+,24-. The van der Waals surface area contributed by atoms with Crippen LogP contribution in [0.1, 0.15) is 50.7 Å². The summed E-state index contributed by atoms with van der Waals surface area (Å²) in [5, 5.41) is 0. The zero-order valence-electron chi connectivity index (χ0n) is 23.5. The van der Waals surface area contributed by atoms with E-state index in [2.05, 4.69) is 0 Å². The highest BCUT2D eigenvalue weighted by Gasteiger charge is 2.59. The molecule has 7 rings (SSSR count). The van der Waals surface area contributed by atoms with Gasteiger partial charge in [-0.05, 0) is 39.8 Å². The molecule has 40 heavy (non-hydrogen) atoms. The van der Waals surface area contributed by atoms with E-state index < -0.39 is 23.0 Å². The first-order valence-electron chi connectivity index (χ1n) is 13.6. The Labute approximate surface area is 232 Å². The van der Waals surface area contributed by atoms with Crippen molar-refractivity contribution < 1.29 is 38.0 Å². The Bertz CT molecular complexity index is 1430. The fourth-order valence-electron chi connectivity index (χ4n) is 7.09. The number of hydrogen-bond acceptors (Lipinski definition) is 8. The summed E-state index contributed by atoms with van der Waals surface area (Å²) in [5.41, 5.74) is 0.845. The highest BCUT2D eigenvalue weighted by molar-refractivity contribution is 6.25. The monoisotopic (exact) mass is 544 g/mol. The van der Waals surface area contributed by atoms with Crippen LogP contribution < -0.4 is 18.9 Å². The Hall–Kier alpha value is -3.94. The van der Waals surface area contributed by atoms with Crippen LogP contribution in [0.25, 0.3) is 0 Å². The molecule has 0 fully saturated rings. The van der Waals surface area contributed by atoms with Crippen LogP contribution in [0.3, 0.4) is 0 Å². The lowest BCUT2D eigenvalue weighted by molar-refractivity contribution is -0.139. The molecule has 0 unspecified atom stereocenters. The molecular weight excluding hydrogens is 512 g/mol. The summed E-state index contributed by atoms with van der Waals surface area (Å²) < 4.78 is 36.0. The molecule has 0 saturated carbocycles. The molecular formula is C32H32O8. The second-order valence-corrected chi connectivity index (χ2v) is 12.2. The zero-order valence-corrected chi connectivity index (χ0v) is 23.5. The van der Waals surface area contributed by atoms with Gasteiger partial charge in [-0.1, -0.05) is 12.1 Å². The summed E-state index contributed by atoms with van der Waals surface area (Å²) in [6.45, 7) is 8.48. The van der Waals surface area contributed by atoms with Gasteiger partial charge in [0.2, 0.25) is 11.6 Å². The van der Waals surface area contributed by atoms with E-state index in [1.165, 1.54) is 0 Å². The molecule has 0 bridgehead atoms. The van der Waals surface area contributed by atoms with Crippen molar-refractivity contribution in [2.45, 2.75) is 50.7 Å². The van der Waals surface area contributed by atoms with Crippen LogP contribution in [0.5, 0.6) is 23.0 Å². The number of methoxy groups -OCH3 is 2. The molecule has 2 aromatic carbocycles. The van der Waals surface area contributed by atoms with Crippen molar-refractivity contribution in [1.82, 2.24) is 0 Å². The lowest BCUT2D eigenvalue weighted by Crippen LogP contribution is -2.54. The Balaban J connectivity index is 1.41. The summed E-state index contributed by atoms with van der Waals surface area (Å²) in [4.78, 5) is 29.0. The van der Waals surface area contributed by atoms with Crippen molar-refractivity contribution >= 4 is 11.6 Å². The van der Waals surface area contributed by atoms with Crippen LogP contribution in [-0.4, -0.2) is 50.2 Å². The topological polar surface area (TPSA) is 89.5 Å². The summed E-state index contributed by atoms with van der Waals surface area (Å²) in [6.07, 6.45) is 0. The smallest absolute Gasteiger partial charge is 0.228 e. The van der Waals surface area contributed by atoms with E-state index in [-0.39, 0.29) is 34.9 Å². The van der Waals surface area contributed by atoms with Gasteiger partial charge < -0.3 is 28.4 Å². The Morgan fingerprint density at radius 3 is 1.45 bits per heavy atom. The van der Waals surface area contributed by atoms with E-state index in [1.807, 2.05) is 64.1 Å². The van der Waals surface area contributed by atoms with Crippen LogP contribution in [0.2, 0.25) is 0 Å². The lowest BCUT2D eigenvalue weighted by atomic mass is 9.63. The molecule has 0 aromatic heterocycles. The fraction of sp³-hybridized carbons (Fsp3) is 0.438. The molecule has 0 spiro atoms. The lowest BCUT2D eigenvalue weighted by Gasteiger charge is -2.52. The number of carbonyl (C=O) groups excluding carboxylic acids is 2. The third-order valence-corrected chi connectivity index (χ3v) is 9.28. The number of Topliss-reactive ketones (excluding diaryl/α,β-unsaturated/α-hetero) is 2. The van der Waals surface area contributed by atoms with Gasteiger partial charge in [-0.2, -0.15) is 0 Å². The Kier molecular flexibility index (Phi) is 5.19. The molecule has 0 N–H and O–H groups in total. The van der Waals surface area contributed by atoms with Crippen LogP contribution in [0, 0.1) is 11.8 Å². The van der Waals surface area contributed by atoms with Crippen molar-refractivity contribution in [3.8, 4) is 23.0 Å². The van der Waals surface area contributed by atoms with Crippen LogP contribution in [0.15, 0.2) is 59.1 Å². The van der Waals surface area contributed by atoms with E-state index in [1.54, 1.807) is 14.2 Å². The van der Waals surface area contributed by atoms with Gasteiger partial charge in [-0.15, -0.1) is 0 Å². The normalized spacial score (nSPS) is 28.6. The van der Waals surface area contributed by atoms with Gasteiger partial charge in [-0.3, -0.25) is 9.59 Å². The minimum Gasteiger partial charge on any atom is -0.497 e. The fourth-order valence-corrected chi connectivity index (χ4v) is 7.09. The quantitative estimate of drug-likeness (QED) is 0.495. The number of ether oxygens (including phenoxy) is 6. The number of ketones is 2. The van der Waals surface area contributed by atoms with E-state index in [0.29, 0.717) is 47.4 Å². The van der Waals surface area contributed by atoms with Crippen molar-refractivity contribution in [3.05, 3.63) is 70.2 Å². The van der Waals surface area contributed by atoms with Gasteiger partial charge in [0.05, 0.1) is 38.6 Å². The summed E-state index contributed by atoms with van der Waals surface area (Å²) in [6, 6.07) is 11.2. The predicted octanol–water partition coefficient (Wildman–Crippen LogP) is 4.87. The summed E-state index contributed by atoms with van der Waals surface area (Å²) >= 11 is 0. The number of carbonyl (C=O) groups is 2. The van der Waals surface area contributed by atoms with Crippen molar-refractivity contribution in [3.63, 3.8) is 0 Å². The Morgan fingerprint density at radius 1 is 0.675 bits per heavy atom. The van der Waals surface area contributed by atoms with Gasteiger partial charge in [0.25, 0.3) is 0 Å². The van der Waals surface area contributed by atoms with Gasteiger partial charge in [0.15, 0.2) is 11.5 Å². The number of fused-ring (bicyclic) bond motifs is 8. The first kappa shape index (κ1) is 25.1. The van der Waals surface area contributed by atoms with Crippen LogP contribution >= 0.6 is 0 Å². The first-order valence-corrected chi connectivity index (χ1v) is 13.6. The molecule has 4 aliphatic heterocycles. The largest absolute Gasteiger partial charge is 0.497 e. The minimum absolute atomic E-state index is 0.113. The highest BCUT2D eigenvalue weighted by atomic mass is 16.5. The van der Waals surface area contributed by atoms with Crippen molar-refractivity contribution in [2.75, 3.05) is 27.4 Å². The van der Waals surface area contributed by atoms with E-state index in [4.69, 9.17) is 28.4 Å². The third kappa shape index (κ3) is 3.31. The van der Waals surface area contributed by atoms with Gasteiger partial charge >= 0.3 is 0 Å². The van der Waals surface area contributed by atoms with E-state index in [0.717, 1.165) is 11.1 Å². The molecule has 8 heteroatoms. The first-order chi connectivity index (χ1) is 19.1. The number of allylic oxidation sites excluding steroid dienone is 2. The number of hydrogen-bond donors (Lipinski definition) is 0. The van der Waals surface area contributed by atoms with Crippen LogP contribution in [0.4, 0.5) is 0 Å². The maximum absolute atomic E-state index is 14.5. The molecule has 0 saturated heterocycles. The molecule has 8 nitrogen and oxygen atoms in total. The molecule has 4 heterocycles. The molecule has 0 amide bonds. The SMILES string of the molecule is COc1ccc2c(c1)OC[C@H]1[C@@H]2C2=C(OC1(C)C)C(=O)C1=C(OC(C)(C)[C@@H]3COc4cc(OC)ccc4[C@H]13)C2=O. The second kappa shape index (κ2) is 8.29. The average Bonchev–Trinajstić information content (AvgIpc) is 2.94. The predicted molar refractivity (Wildman–Crippen MR) is 144 cm³/mol. The van der Waals surface area contributed by atoms with E-state index >= 15 is 0 Å². The maximum Gasteiger partial charge on any atom is 0.228 e. The van der Waals surface area contributed by atoms with Crippen LogP contribution in [-0.2, 0) is 19.1 Å². The van der Waals surface area contributed by atoms with Crippen molar-refractivity contribution in [2.24, 2.45) is 11.8 Å². The summed E-state index contributed by atoms with van der Waals surface area (Å²) in [7, 11) is 3.20. The third-order valence-electron chi connectivity index (χ3n) is 9.28. The van der Waals surface area contributed by atoms with E-state index in [9.17, 15) is 9.59 Å². The Morgan fingerprint density at radius 2 is 1.07 bits per heavy atom. The van der Waals surface area contributed by atoms with Gasteiger partial charge in [0, 0.05) is 46.9 Å². The van der Waals surface area contributed by atoms with Gasteiger partial charge in [0.1, 0.15) is 34.2 Å². The second-order valence-electron chi connectivity index (χ2n) is 12.2. The molecule has 5 aliphatic rings. The minimum atomic E-state index is -0.760. The van der Waals surface area contributed by atoms with Gasteiger partial charge in [-0.25, -0.2) is 0 Å². The number of benzene rings is 2. The number of rotatable bonds is 2. The molecule has 208 valence electrons. The molecule has 1 aliphatic carbocycles. The maximum atomic E-state index is 14.5. The summed E-state index contributed by atoms with van der Waals surface area (Å²) in [5.74, 6) is 1.06. The molecule has 4 atom stereocenters. The molecule has 0 radical (unpaired) electrons. The highest BCUT2D eigenvalue weighted by Crippen LogP contribution is 2.58. The average molecular weight is 545 g/mol.